The number of fused-ring (bicyclic) bond motifs is 1. The Morgan fingerprint density at radius 3 is 2.75 bits per heavy atom. The van der Waals surface area contributed by atoms with E-state index in [1.165, 1.54) is 0 Å². The molecule has 0 spiro atoms. The third-order valence-corrected chi connectivity index (χ3v) is 5.27. The van der Waals surface area contributed by atoms with Crippen LogP contribution in [0.5, 0.6) is 5.75 Å². The number of halogens is 1. The van der Waals surface area contributed by atoms with Crippen molar-refractivity contribution in [3.8, 4) is 17.0 Å². The molecule has 7 heteroatoms. The minimum absolute atomic E-state index is 0.245. The fourth-order valence-electron chi connectivity index (χ4n) is 2.75. The lowest BCUT2D eigenvalue weighted by Gasteiger charge is -2.25. The zero-order valence-corrected chi connectivity index (χ0v) is 16.9. The van der Waals surface area contributed by atoms with Gasteiger partial charge in [-0.25, -0.2) is 4.98 Å². The number of anilines is 1. The Morgan fingerprint density at radius 1 is 1.21 bits per heavy atom. The highest BCUT2D eigenvalue weighted by Gasteiger charge is 2.30. The lowest BCUT2D eigenvalue weighted by Crippen LogP contribution is -2.42. The Labute approximate surface area is 171 Å². The Balaban J connectivity index is 1.50. The first-order chi connectivity index (χ1) is 13.4. The lowest BCUT2D eigenvalue weighted by atomic mass is 10.1. The SMILES string of the molecule is CC(C)(Oc1ccc(Cl)cc1)C(=O)Nc1cccc(-c2cn3ccsc3n2)c1. The summed E-state index contributed by atoms with van der Waals surface area (Å²) in [5.74, 6) is 0.335. The van der Waals surface area contributed by atoms with Crippen LogP contribution in [0.25, 0.3) is 16.2 Å². The number of nitrogens with zero attached hydrogens (tertiary/aromatic N) is 2. The third kappa shape index (κ3) is 3.88. The monoisotopic (exact) mass is 411 g/mol. The second-order valence-electron chi connectivity index (χ2n) is 6.82. The molecule has 5 nitrogen and oxygen atoms in total. The van der Waals surface area contributed by atoms with Gasteiger partial charge in [-0.05, 0) is 50.2 Å². The van der Waals surface area contributed by atoms with Gasteiger partial charge in [-0.1, -0.05) is 23.7 Å². The summed E-state index contributed by atoms with van der Waals surface area (Å²) in [5.41, 5.74) is 1.43. The van der Waals surface area contributed by atoms with Crippen LogP contribution < -0.4 is 10.1 Å². The van der Waals surface area contributed by atoms with Gasteiger partial charge in [0.05, 0.1) is 5.69 Å². The molecule has 4 aromatic rings. The molecular weight excluding hydrogens is 394 g/mol. The third-order valence-electron chi connectivity index (χ3n) is 4.24. The molecule has 1 amide bonds. The number of rotatable bonds is 5. The van der Waals surface area contributed by atoms with Crippen molar-refractivity contribution in [1.82, 2.24) is 9.38 Å². The maximum absolute atomic E-state index is 12.8. The molecule has 142 valence electrons. The molecule has 28 heavy (non-hydrogen) atoms. The average molecular weight is 412 g/mol. The molecule has 2 heterocycles. The number of carbonyl (C=O) groups is 1. The topological polar surface area (TPSA) is 55.6 Å². The molecule has 0 aliphatic carbocycles. The van der Waals surface area contributed by atoms with Crippen LogP contribution in [0.3, 0.4) is 0 Å². The minimum atomic E-state index is -1.05. The molecule has 0 fully saturated rings. The van der Waals surface area contributed by atoms with Gasteiger partial charge in [0.25, 0.3) is 5.91 Å². The summed E-state index contributed by atoms with van der Waals surface area (Å²) in [5, 5.41) is 5.54. The van der Waals surface area contributed by atoms with Crippen molar-refractivity contribution in [3.05, 3.63) is 71.3 Å². The van der Waals surface area contributed by atoms with Gasteiger partial charge >= 0.3 is 0 Å². The van der Waals surface area contributed by atoms with Crippen LogP contribution in [0.4, 0.5) is 5.69 Å². The number of imidazole rings is 1. The molecule has 2 aromatic heterocycles. The molecule has 0 saturated carbocycles. The van der Waals surface area contributed by atoms with Gasteiger partial charge in [-0.3, -0.25) is 9.20 Å². The molecule has 0 atom stereocenters. The Bertz CT molecular complexity index is 1100. The molecule has 4 rings (SSSR count). The van der Waals surface area contributed by atoms with Crippen LogP contribution in [-0.2, 0) is 4.79 Å². The molecule has 0 aliphatic rings. The molecule has 0 bridgehead atoms. The fourth-order valence-corrected chi connectivity index (χ4v) is 3.57. The van der Waals surface area contributed by atoms with Gasteiger partial charge in [0.1, 0.15) is 5.75 Å². The first-order valence-electron chi connectivity index (χ1n) is 8.69. The number of amides is 1. The van der Waals surface area contributed by atoms with Gasteiger partial charge < -0.3 is 10.1 Å². The summed E-state index contributed by atoms with van der Waals surface area (Å²) in [6.45, 7) is 3.45. The molecule has 2 aromatic carbocycles. The Kier molecular flexibility index (Phi) is 4.83. The molecule has 0 saturated heterocycles. The largest absolute Gasteiger partial charge is 0.478 e. The van der Waals surface area contributed by atoms with Crippen LogP contribution in [0.2, 0.25) is 5.02 Å². The van der Waals surface area contributed by atoms with E-state index in [2.05, 4.69) is 10.3 Å². The number of hydrogen-bond acceptors (Lipinski definition) is 4. The normalized spacial score (nSPS) is 11.5. The van der Waals surface area contributed by atoms with Gasteiger partial charge in [-0.15, -0.1) is 11.3 Å². The van der Waals surface area contributed by atoms with E-state index in [-0.39, 0.29) is 5.91 Å². The number of thiazole rings is 1. The van der Waals surface area contributed by atoms with E-state index in [1.54, 1.807) is 49.4 Å². The van der Waals surface area contributed by atoms with Gasteiger partial charge in [0.2, 0.25) is 0 Å². The highest BCUT2D eigenvalue weighted by Crippen LogP contribution is 2.26. The standard InChI is InChI=1S/C21H18ClN3O2S/c1-21(2,27-17-8-6-15(22)7-9-17)19(26)23-16-5-3-4-14(12-16)18-13-25-10-11-28-20(25)24-18/h3-13H,1-2H3,(H,23,26). The van der Waals surface area contributed by atoms with Crippen molar-refractivity contribution in [1.29, 1.82) is 0 Å². The van der Waals surface area contributed by atoms with E-state index >= 15 is 0 Å². The van der Waals surface area contributed by atoms with Crippen molar-refractivity contribution in [2.75, 3.05) is 5.32 Å². The van der Waals surface area contributed by atoms with Crippen LogP contribution in [-0.4, -0.2) is 20.9 Å². The number of carbonyl (C=O) groups excluding carboxylic acids is 1. The van der Waals surface area contributed by atoms with E-state index in [0.717, 1.165) is 16.2 Å². The number of ether oxygens (including phenoxy) is 1. The van der Waals surface area contributed by atoms with Crippen molar-refractivity contribution >= 4 is 39.5 Å². The first-order valence-corrected chi connectivity index (χ1v) is 9.95. The lowest BCUT2D eigenvalue weighted by molar-refractivity contribution is -0.128. The second kappa shape index (κ2) is 7.30. The minimum Gasteiger partial charge on any atom is -0.478 e. The summed E-state index contributed by atoms with van der Waals surface area (Å²) < 4.78 is 7.83. The van der Waals surface area contributed by atoms with Crippen LogP contribution in [0, 0.1) is 0 Å². The van der Waals surface area contributed by atoms with Crippen LogP contribution >= 0.6 is 22.9 Å². The summed E-state index contributed by atoms with van der Waals surface area (Å²) >= 11 is 7.48. The predicted molar refractivity (Wildman–Crippen MR) is 113 cm³/mol. The van der Waals surface area contributed by atoms with Gasteiger partial charge in [0.15, 0.2) is 10.6 Å². The van der Waals surface area contributed by atoms with Crippen LogP contribution in [0.1, 0.15) is 13.8 Å². The van der Waals surface area contributed by atoms with E-state index in [4.69, 9.17) is 16.3 Å². The van der Waals surface area contributed by atoms with E-state index < -0.39 is 5.60 Å². The maximum atomic E-state index is 12.8. The van der Waals surface area contributed by atoms with Gasteiger partial charge in [0, 0.05) is 34.0 Å². The number of nitrogens with one attached hydrogen (secondary N) is 1. The maximum Gasteiger partial charge on any atom is 0.267 e. The van der Waals surface area contributed by atoms with Crippen molar-refractivity contribution < 1.29 is 9.53 Å². The molecule has 0 unspecified atom stereocenters. The van der Waals surface area contributed by atoms with E-state index in [0.29, 0.717) is 16.5 Å². The number of benzene rings is 2. The summed E-state index contributed by atoms with van der Waals surface area (Å²) in [4.78, 5) is 18.3. The zero-order valence-electron chi connectivity index (χ0n) is 15.3. The molecule has 1 N–H and O–H groups in total. The van der Waals surface area contributed by atoms with E-state index in [1.807, 2.05) is 46.4 Å². The fraction of sp³-hybridized carbons (Fsp3) is 0.143. The number of aromatic nitrogens is 2. The first kappa shape index (κ1) is 18.5. The average Bonchev–Trinajstić information content (AvgIpc) is 3.26. The van der Waals surface area contributed by atoms with E-state index in [9.17, 15) is 4.79 Å². The molecular formula is C21H18ClN3O2S. The summed E-state index contributed by atoms with van der Waals surface area (Å²) in [6, 6.07) is 14.5. The zero-order chi connectivity index (χ0) is 19.7. The quantitative estimate of drug-likeness (QED) is 0.471. The Morgan fingerprint density at radius 2 is 2.00 bits per heavy atom. The summed E-state index contributed by atoms with van der Waals surface area (Å²) in [7, 11) is 0. The van der Waals surface area contributed by atoms with Crippen molar-refractivity contribution in [3.63, 3.8) is 0 Å². The van der Waals surface area contributed by atoms with Crippen molar-refractivity contribution in [2.24, 2.45) is 0 Å². The predicted octanol–water partition coefficient (Wildman–Crippen LogP) is 5.51. The molecule has 0 aliphatic heterocycles. The van der Waals surface area contributed by atoms with Gasteiger partial charge in [-0.2, -0.15) is 0 Å². The van der Waals surface area contributed by atoms with Crippen LogP contribution in [0.15, 0.2) is 66.3 Å². The second-order valence-corrected chi connectivity index (χ2v) is 8.13. The smallest absolute Gasteiger partial charge is 0.267 e. The highest BCUT2D eigenvalue weighted by atomic mass is 35.5. The highest BCUT2D eigenvalue weighted by molar-refractivity contribution is 7.15. The molecule has 0 radical (unpaired) electrons. The Hall–Kier alpha value is -2.83. The van der Waals surface area contributed by atoms with Crippen molar-refractivity contribution in [2.45, 2.75) is 19.4 Å². The number of hydrogen-bond donors (Lipinski definition) is 1. The summed E-state index contributed by atoms with van der Waals surface area (Å²) in [6.07, 6.45) is 3.94.